The van der Waals surface area contributed by atoms with Gasteiger partial charge in [0.25, 0.3) is 0 Å². The topological polar surface area (TPSA) is 50.2 Å². The molecule has 0 aliphatic carbocycles. The first-order valence-electron chi connectivity index (χ1n) is 6.02. The molecule has 0 fully saturated rings. The molecule has 2 rings (SSSR count). The van der Waals surface area contributed by atoms with Gasteiger partial charge in [0.15, 0.2) is 5.69 Å². The van der Waals surface area contributed by atoms with E-state index < -0.39 is 5.97 Å². The summed E-state index contributed by atoms with van der Waals surface area (Å²) < 4.78 is 0. The van der Waals surface area contributed by atoms with Gasteiger partial charge in [-0.2, -0.15) is 0 Å². The van der Waals surface area contributed by atoms with E-state index in [2.05, 4.69) is 4.98 Å². The van der Waals surface area contributed by atoms with Gasteiger partial charge < -0.3 is 5.11 Å². The molecule has 2 heterocycles. The molecule has 0 aliphatic heterocycles. The number of carboxylic acid groups (broad SMARTS) is 1. The second-order valence-electron chi connectivity index (χ2n) is 5.58. The van der Waals surface area contributed by atoms with Gasteiger partial charge in [0.1, 0.15) is 0 Å². The summed E-state index contributed by atoms with van der Waals surface area (Å²) in [5, 5.41) is 10.2. The highest BCUT2D eigenvalue weighted by Crippen LogP contribution is 2.39. The Bertz CT molecular complexity index is 632. The molecule has 0 unspecified atom stereocenters. The van der Waals surface area contributed by atoms with Gasteiger partial charge in [0.05, 0.1) is 9.88 Å². The van der Waals surface area contributed by atoms with Crippen molar-refractivity contribution < 1.29 is 9.90 Å². The molecule has 0 saturated carbocycles. The third-order valence-corrected chi connectivity index (χ3v) is 5.24. The van der Waals surface area contributed by atoms with Crippen LogP contribution < -0.4 is 0 Å². The molecule has 0 amide bonds. The first-order chi connectivity index (χ1) is 8.70. The Morgan fingerprint density at radius 3 is 2.32 bits per heavy atom. The van der Waals surface area contributed by atoms with Crippen molar-refractivity contribution in [1.82, 2.24) is 4.98 Å². The molecule has 1 N–H and O–H groups in total. The molecule has 0 saturated heterocycles. The van der Waals surface area contributed by atoms with Crippen LogP contribution in [0.3, 0.4) is 0 Å². The van der Waals surface area contributed by atoms with Crippen LogP contribution in [0, 0.1) is 13.8 Å². The maximum absolute atomic E-state index is 11.4. The molecule has 0 bridgehead atoms. The van der Waals surface area contributed by atoms with Gasteiger partial charge >= 0.3 is 5.97 Å². The van der Waals surface area contributed by atoms with Gasteiger partial charge in [-0.25, -0.2) is 9.78 Å². The van der Waals surface area contributed by atoms with Gasteiger partial charge in [0, 0.05) is 20.7 Å². The number of thiazole rings is 1. The highest BCUT2D eigenvalue weighted by atomic mass is 32.1. The molecular formula is C14H17NO2S2. The Hall–Kier alpha value is -1.20. The fourth-order valence-corrected chi connectivity index (χ4v) is 4.01. The summed E-state index contributed by atoms with van der Waals surface area (Å²) in [7, 11) is 0. The van der Waals surface area contributed by atoms with Gasteiger partial charge in [-0.05, 0) is 19.9 Å². The van der Waals surface area contributed by atoms with E-state index in [1.54, 1.807) is 11.3 Å². The smallest absolute Gasteiger partial charge is 0.356 e. The molecule has 2 aromatic heterocycles. The van der Waals surface area contributed by atoms with E-state index in [9.17, 15) is 9.90 Å². The van der Waals surface area contributed by atoms with E-state index in [-0.39, 0.29) is 11.1 Å². The van der Waals surface area contributed by atoms with Crippen molar-refractivity contribution in [3.05, 3.63) is 26.5 Å². The van der Waals surface area contributed by atoms with Crippen LogP contribution in [0.4, 0.5) is 0 Å². The Kier molecular flexibility index (Phi) is 3.53. The van der Waals surface area contributed by atoms with Crippen LogP contribution >= 0.6 is 22.7 Å². The van der Waals surface area contributed by atoms with Crippen molar-refractivity contribution >= 4 is 28.6 Å². The SMILES string of the molecule is Cc1cc(-c2sc(C(C)(C)C)nc2C(=O)O)c(C)s1. The first-order valence-corrected chi connectivity index (χ1v) is 7.65. The maximum Gasteiger partial charge on any atom is 0.356 e. The summed E-state index contributed by atoms with van der Waals surface area (Å²) in [6.07, 6.45) is 0. The largest absolute Gasteiger partial charge is 0.476 e. The molecule has 19 heavy (non-hydrogen) atoms. The lowest BCUT2D eigenvalue weighted by Crippen LogP contribution is -2.11. The molecule has 0 spiro atoms. The zero-order valence-electron chi connectivity index (χ0n) is 11.7. The highest BCUT2D eigenvalue weighted by molar-refractivity contribution is 7.17. The van der Waals surface area contributed by atoms with Crippen LogP contribution in [0.15, 0.2) is 6.07 Å². The second kappa shape index (κ2) is 4.72. The van der Waals surface area contributed by atoms with E-state index in [0.717, 1.165) is 20.3 Å². The normalized spacial score (nSPS) is 11.8. The lowest BCUT2D eigenvalue weighted by molar-refractivity contribution is 0.0692. The van der Waals surface area contributed by atoms with E-state index in [1.807, 2.05) is 40.7 Å². The molecular weight excluding hydrogens is 278 g/mol. The van der Waals surface area contributed by atoms with Crippen LogP contribution in [-0.2, 0) is 5.41 Å². The zero-order valence-corrected chi connectivity index (χ0v) is 13.3. The third-order valence-electron chi connectivity index (χ3n) is 2.76. The van der Waals surface area contributed by atoms with Crippen LogP contribution in [-0.4, -0.2) is 16.1 Å². The molecule has 0 radical (unpaired) electrons. The van der Waals surface area contributed by atoms with Crippen molar-refractivity contribution in [3.8, 4) is 10.4 Å². The Morgan fingerprint density at radius 2 is 1.89 bits per heavy atom. The van der Waals surface area contributed by atoms with Crippen molar-refractivity contribution in [2.45, 2.75) is 40.0 Å². The minimum Gasteiger partial charge on any atom is -0.476 e. The summed E-state index contributed by atoms with van der Waals surface area (Å²) in [5.74, 6) is -0.954. The fraction of sp³-hybridized carbons (Fsp3) is 0.429. The quantitative estimate of drug-likeness (QED) is 0.888. The van der Waals surface area contributed by atoms with Gasteiger partial charge in [-0.1, -0.05) is 20.8 Å². The summed E-state index contributed by atoms with van der Waals surface area (Å²) in [6, 6.07) is 2.05. The number of nitrogens with zero attached hydrogens (tertiary/aromatic N) is 1. The minimum atomic E-state index is -0.954. The van der Waals surface area contributed by atoms with Crippen LogP contribution in [0.2, 0.25) is 0 Å². The Labute approximate surface area is 120 Å². The van der Waals surface area contributed by atoms with E-state index >= 15 is 0 Å². The number of hydrogen-bond acceptors (Lipinski definition) is 4. The Balaban J connectivity index is 2.65. The molecule has 5 heteroatoms. The average molecular weight is 295 g/mol. The maximum atomic E-state index is 11.4. The Morgan fingerprint density at radius 1 is 1.26 bits per heavy atom. The van der Waals surface area contributed by atoms with Crippen LogP contribution in [0.5, 0.6) is 0 Å². The lowest BCUT2D eigenvalue weighted by atomic mass is 9.98. The number of hydrogen-bond donors (Lipinski definition) is 1. The monoisotopic (exact) mass is 295 g/mol. The predicted molar refractivity (Wildman–Crippen MR) is 80.6 cm³/mol. The van der Waals surface area contributed by atoms with Gasteiger partial charge in [-0.15, -0.1) is 22.7 Å². The number of aryl methyl sites for hydroxylation is 2. The molecule has 102 valence electrons. The van der Waals surface area contributed by atoms with Crippen LogP contribution in [0.25, 0.3) is 10.4 Å². The van der Waals surface area contributed by atoms with Crippen LogP contribution in [0.1, 0.15) is 46.0 Å². The molecule has 0 aromatic carbocycles. The fourth-order valence-electron chi connectivity index (χ4n) is 1.82. The predicted octanol–water partition coefficient (Wildman–Crippen LogP) is 4.48. The number of rotatable bonds is 2. The summed E-state index contributed by atoms with van der Waals surface area (Å²) >= 11 is 3.18. The highest BCUT2D eigenvalue weighted by Gasteiger charge is 2.26. The summed E-state index contributed by atoms with van der Waals surface area (Å²) in [4.78, 5) is 18.8. The second-order valence-corrected chi connectivity index (χ2v) is 8.04. The molecule has 0 atom stereocenters. The summed E-state index contributed by atoms with van der Waals surface area (Å²) in [6.45, 7) is 10.2. The van der Waals surface area contributed by atoms with E-state index in [4.69, 9.17) is 0 Å². The number of carboxylic acids is 1. The minimum absolute atomic E-state index is 0.133. The third kappa shape index (κ3) is 2.72. The average Bonchev–Trinajstić information content (AvgIpc) is 2.80. The first kappa shape index (κ1) is 14.2. The van der Waals surface area contributed by atoms with Gasteiger partial charge in [0.2, 0.25) is 0 Å². The molecule has 0 aliphatic rings. The lowest BCUT2D eigenvalue weighted by Gasteiger charge is -2.13. The number of aromatic nitrogens is 1. The van der Waals surface area contributed by atoms with Crippen molar-refractivity contribution in [2.24, 2.45) is 0 Å². The standard InChI is InChI=1S/C14H17NO2S2/c1-7-6-9(8(2)18-7)11-10(12(16)17)15-13(19-11)14(3,4)5/h6H,1-5H3,(H,16,17). The zero-order chi connectivity index (χ0) is 14.4. The molecule has 2 aromatic rings. The molecule has 3 nitrogen and oxygen atoms in total. The van der Waals surface area contributed by atoms with Crippen molar-refractivity contribution in [1.29, 1.82) is 0 Å². The van der Waals surface area contributed by atoms with E-state index in [0.29, 0.717) is 0 Å². The number of carbonyl (C=O) groups is 1. The number of thiophene rings is 1. The summed E-state index contributed by atoms with van der Waals surface area (Å²) in [5.41, 5.74) is 1.05. The van der Waals surface area contributed by atoms with Crippen molar-refractivity contribution in [3.63, 3.8) is 0 Å². The van der Waals surface area contributed by atoms with Gasteiger partial charge in [-0.3, -0.25) is 0 Å². The van der Waals surface area contributed by atoms with Crippen molar-refractivity contribution in [2.75, 3.05) is 0 Å². The number of aromatic carboxylic acids is 1. The van der Waals surface area contributed by atoms with E-state index in [1.165, 1.54) is 16.2 Å².